The number of imidazole rings is 1. The summed E-state index contributed by atoms with van der Waals surface area (Å²) in [5, 5.41) is 0. The number of benzene rings is 1. The number of aryl methyl sites for hydroxylation is 1. The number of methoxy groups -OCH3 is 3. The van der Waals surface area contributed by atoms with Gasteiger partial charge in [-0.3, -0.25) is 0 Å². The van der Waals surface area contributed by atoms with E-state index < -0.39 is 0 Å². The summed E-state index contributed by atoms with van der Waals surface area (Å²) < 4.78 is 18.0. The van der Waals surface area contributed by atoms with Crippen LogP contribution in [-0.2, 0) is 13.5 Å². The Hall–Kier alpha value is -2.37. The Kier molecular flexibility index (Phi) is 4.26. The maximum atomic E-state index is 6.17. The molecule has 2 rings (SSSR count). The highest BCUT2D eigenvalue weighted by Crippen LogP contribution is 2.41. The van der Waals surface area contributed by atoms with Crippen LogP contribution in [0.4, 0.5) is 5.82 Å². The second kappa shape index (κ2) is 5.95. The molecule has 0 saturated heterocycles. The first-order valence-electron chi connectivity index (χ1n) is 6.68. The number of hydrogen-bond acceptors (Lipinski definition) is 5. The fraction of sp³-hybridized carbons (Fsp3) is 0.400. The van der Waals surface area contributed by atoms with Crippen molar-refractivity contribution in [2.75, 3.05) is 27.1 Å². The summed E-state index contributed by atoms with van der Waals surface area (Å²) in [6, 6.07) is 3.60. The number of nitrogens with zero attached hydrogens (tertiary/aromatic N) is 2. The van der Waals surface area contributed by atoms with Gasteiger partial charge in [-0.1, -0.05) is 6.92 Å². The summed E-state index contributed by atoms with van der Waals surface area (Å²) in [5.41, 5.74) is 7.64. The van der Waals surface area contributed by atoms with Gasteiger partial charge in [0.05, 0.1) is 21.3 Å². The average Bonchev–Trinajstić information content (AvgIpc) is 2.81. The molecule has 0 aliphatic heterocycles. The van der Waals surface area contributed by atoms with Crippen molar-refractivity contribution in [3.63, 3.8) is 0 Å². The van der Waals surface area contributed by atoms with Crippen molar-refractivity contribution in [3.05, 3.63) is 18.0 Å². The normalized spacial score (nSPS) is 10.5. The zero-order chi connectivity index (χ0) is 15.6. The molecule has 0 amide bonds. The van der Waals surface area contributed by atoms with E-state index in [1.54, 1.807) is 27.4 Å². The van der Waals surface area contributed by atoms with Crippen molar-refractivity contribution in [2.24, 2.45) is 7.05 Å². The molecular formula is C15H21N3O3. The Balaban J connectivity index is 2.68. The van der Waals surface area contributed by atoms with Crippen LogP contribution in [0.3, 0.4) is 0 Å². The van der Waals surface area contributed by atoms with Gasteiger partial charge in [0.1, 0.15) is 23.1 Å². The van der Waals surface area contributed by atoms with Crippen LogP contribution in [0, 0.1) is 0 Å². The monoisotopic (exact) mass is 291 g/mol. The minimum absolute atomic E-state index is 0.595. The molecule has 0 atom stereocenters. The number of rotatable bonds is 5. The van der Waals surface area contributed by atoms with E-state index in [1.165, 1.54) is 0 Å². The largest absolute Gasteiger partial charge is 0.496 e. The van der Waals surface area contributed by atoms with Crippen molar-refractivity contribution in [1.82, 2.24) is 9.55 Å². The van der Waals surface area contributed by atoms with Gasteiger partial charge in [-0.05, 0) is 6.07 Å². The molecule has 0 saturated carbocycles. The molecule has 1 aromatic carbocycles. The maximum Gasteiger partial charge on any atom is 0.164 e. The van der Waals surface area contributed by atoms with E-state index in [1.807, 2.05) is 24.6 Å². The third kappa shape index (κ3) is 2.49. The molecule has 21 heavy (non-hydrogen) atoms. The third-order valence-corrected chi connectivity index (χ3v) is 3.51. The number of ether oxygens (including phenoxy) is 3. The number of nitrogen functional groups attached to an aromatic ring is 1. The summed E-state index contributed by atoms with van der Waals surface area (Å²) in [6.07, 6.45) is 0.802. The predicted octanol–water partition coefficient (Wildman–Crippen LogP) is 2.26. The summed E-state index contributed by atoms with van der Waals surface area (Å²) in [7, 11) is 6.68. The molecule has 0 fully saturated rings. The van der Waals surface area contributed by atoms with Gasteiger partial charge in [-0.25, -0.2) is 4.98 Å². The molecular weight excluding hydrogens is 270 g/mol. The molecule has 2 N–H and O–H groups in total. The lowest BCUT2D eigenvalue weighted by atomic mass is 10.1. The highest BCUT2D eigenvalue weighted by molar-refractivity contribution is 5.78. The first kappa shape index (κ1) is 15.0. The van der Waals surface area contributed by atoms with Gasteiger partial charge in [0.25, 0.3) is 0 Å². The second-order valence-corrected chi connectivity index (χ2v) is 4.58. The van der Waals surface area contributed by atoms with E-state index in [-0.39, 0.29) is 0 Å². The lowest BCUT2D eigenvalue weighted by Gasteiger charge is -2.13. The Bertz CT molecular complexity index is 650. The Morgan fingerprint density at radius 3 is 2.10 bits per heavy atom. The van der Waals surface area contributed by atoms with E-state index in [0.29, 0.717) is 28.8 Å². The SMILES string of the molecule is CCc1nc(-c2cc(OC)c(OC)cc2OC)c(N)n1C. The van der Waals surface area contributed by atoms with E-state index in [9.17, 15) is 0 Å². The lowest BCUT2D eigenvalue weighted by molar-refractivity contribution is 0.349. The zero-order valence-corrected chi connectivity index (χ0v) is 13.1. The Morgan fingerprint density at radius 2 is 1.62 bits per heavy atom. The summed E-state index contributed by atoms with van der Waals surface area (Å²) in [4.78, 5) is 4.60. The first-order chi connectivity index (χ1) is 10.1. The fourth-order valence-corrected chi connectivity index (χ4v) is 2.29. The van der Waals surface area contributed by atoms with Crippen LogP contribution in [-0.4, -0.2) is 30.9 Å². The molecule has 114 valence electrons. The fourth-order valence-electron chi connectivity index (χ4n) is 2.29. The highest BCUT2D eigenvalue weighted by Gasteiger charge is 2.19. The molecule has 2 aromatic rings. The van der Waals surface area contributed by atoms with Gasteiger partial charge in [0.15, 0.2) is 11.5 Å². The minimum Gasteiger partial charge on any atom is -0.496 e. The number of nitrogens with two attached hydrogens (primary N) is 1. The van der Waals surface area contributed by atoms with E-state index >= 15 is 0 Å². The van der Waals surface area contributed by atoms with Crippen LogP contribution in [0.5, 0.6) is 17.2 Å². The average molecular weight is 291 g/mol. The van der Waals surface area contributed by atoms with Crippen molar-refractivity contribution in [3.8, 4) is 28.5 Å². The van der Waals surface area contributed by atoms with Gasteiger partial charge in [0.2, 0.25) is 0 Å². The molecule has 0 aliphatic rings. The summed E-state index contributed by atoms with van der Waals surface area (Å²) in [5.74, 6) is 3.36. The quantitative estimate of drug-likeness (QED) is 0.915. The Labute approximate surface area is 124 Å². The van der Waals surface area contributed by atoms with Crippen molar-refractivity contribution in [1.29, 1.82) is 0 Å². The van der Waals surface area contributed by atoms with Gasteiger partial charge in [0, 0.05) is 25.1 Å². The molecule has 0 spiro atoms. The number of aromatic nitrogens is 2. The molecule has 6 heteroatoms. The van der Waals surface area contributed by atoms with Crippen molar-refractivity contribution >= 4 is 5.82 Å². The third-order valence-electron chi connectivity index (χ3n) is 3.51. The van der Waals surface area contributed by atoms with Gasteiger partial charge >= 0.3 is 0 Å². The molecule has 6 nitrogen and oxygen atoms in total. The van der Waals surface area contributed by atoms with Gasteiger partial charge in [-0.2, -0.15) is 0 Å². The van der Waals surface area contributed by atoms with E-state index in [4.69, 9.17) is 19.9 Å². The van der Waals surface area contributed by atoms with Gasteiger partial charge in [-0.15, -0.1) is 0 Å². The molecule has 0 unspecified atom stereocenters. The van der Waals surface area contributed by atoms with E-state index in [0.717, 1.165) is 17.8 Å². The van der Waals surface area contributed by atoms with Crippen molar-refractivity contribution in [2.45, 2.75) is 13.3 Å². The first-order valence-corrected chi connectivity index (χ1v) is 6.68. The van der Waals surface area contributed by atoms with Crippen LogP contribution in [0.25, 0.3) is 11.3 Å². The molecule has 0 radical (unpaired) electrons. The lowest BCUT2D eigenvalue weighted by Crippen LogP contribution is -2.01. The Morgan fingerprint density at radius 1 is 1.05 bits per heavy atom. The zero-order valence-electron chi connectivity index (χ0n) is 13.1. The number of anilines is 1. The molecule has 0 aliphatic carbocycles. The summed E-state index contributed by atoms with van der Waals surface area (Å²) >= 11 is 0. The van der Waals surface area contributed by atoms with Crippen LogP contribution in [0.1, 0.15) is 12.7 Å². The topological polar surface area (TPSA) is 71.5 Å². The van der Waals surface area contributed by atoms with Crippen molar-refractivity contribution < 1.29 is 14.2 Å². The smallest absolute Gasteiger partial charge is 0.164 e. The van der Waals surface area contributed by atoms with Crippen LogP contribution in [0.2, 0.25) is 0 Å². The van der Waals surface area contributed by atoms with Crippen LogP contribution in [0.15, 0.2) is 12.1 Å². The van der Waals surface area contributed by atoms with E-state index in [2.05, 4.69) is 4.98 Å². The summed E-state index contributed by atoms with van der Waals surface area (Å²) in [6.45, 7) is 2.04. The molecule has 1 heterocycles. The maximum absolute atomic E-state index is 6.17. The highest BCUT2D eigenvalue weighted by atomic mass is 16.5. The van der Waals surface area contributed by atoms with Gasteiger partial charge < -0.3 is 24.5 Å². The molecule has 0 bridgehead atoms. The standard InChI is InChI=1S/C15H21N3O3/c1-6-13-17-14(15(16)18(13)2)9-7-11(20-4)12(21-5)8-10(9)19-3/h7-8H,6,16H2,1-5H3. The molecule has 1 aromatic heterocycles. The minimum atomic E-state index is 0.595. The predicted molar refractivity (Wildman–Crippen MR) is 82.1 cm³/mol. The number of hydrogen-bond donors (Lipinski definition) is 1. The second-order valence-electron chi connectivity index (χ2n) is 4.58. The van der Waals surface area contributed by atoms with Crippen LogP contribution >= 0.6 is 0 Å². The van der Waals surface area contributed by atoms with Crippen LogP contribution < -0.4 is 19.9 Å².